The van der Waals surface area contributed by atoms with Crippen molar-refractivity contribution in [3.8, 4) is 0 Å². The standard InChI is InChI=1S/C28H28N4O5/c1-19-7-8-24-21(13-19)27-22(28(34)37-24)15-29-32(27)16-26(33)31-11-9-30(10-12-31)23(25-17-35-18-36-25)14-20-5-3-2-4-6-20/h2-8,13,15,17,23H,9-12,14,16,18H2,1H3. The maximum absolute atomic E-state index is 13.3. The summed E-state index contributed by atoms with van der Waals surface area (Å²) in [5.74, 6) is 0.797. The minimum absolute atomic E-state index is 0.0297. The normalized spacial score (nSPS) is 17.0. The number of hydrogen-bond donors (Lipinski definition) is 0. The van der Waals surface area contributed by atoms with Gasteiger partial charge in [-0.25, -0.2) is 4.79 Å². The van der Waals surface area contributed by atoms with Crippen LogP contribution in [0.4, 0.5) is 0 Å². The summed E-state index contributed by atoms with van der Waals surface area (Å²) in [7, 11) is 0. The molecule has 0 radical (unpaired) electrons. The third-order valence-corrected chi connectivity index (χ3v) is 7.14. The van der Waals surface area contributed by atoms with Crippen LogP contribution in [0.5, 0.6) is 0 Å². The molecule has 9 nitrogen and oxygen atoms in total. The van der Waals surface area contributed by atoms with Crippen molar-refractivity contribution in [1.29, 1.82) is 0 Å². The molecule has 190 valence electrons. The van der Waals surface area contributed by atoms with Gasteiger partial charge < -0.3 is 18.8 Å². The molecule has 1 atom stereocenters. The molecule has 6 rings (SSSR count). The Morgan fingerprint density at radius 2 is 1.86 bits per heavy atom. The molecule has 1 amide bonds. The summed E-state index contributed by atoms with van der Waals surface area (Å²) < 4.78 is 18.2. The molecule has 37 heavy (non-hydrogen) atoms. The van der Waals surface area contributed by atoms with E-state index in [4.69, 9.17) is 13.9 Å². The average molecular weight is 501 g/mol. The van der Waals surface area contributed by atoms with E-state index in [-0.39, 0.29) is 25.3 Å². The molecule has 0 aliphatic carbocycles. The van der Waals surface area contributed by atoms with E-state index in [1.54, 1.807) is 17.0 Å². The van der Waals surface area contributed by atoms with E-state index in [1.165, 1.54) is 11.8 Å². The van der Waals surface area contributed by atoms with Crippen LogP contribution in [0.3, 0.4) is 0 Å². The zero-order valence-corrected chi connectivity index (χ0v) is 20.6. The summed E-state index contributed by atoms with van der Waals surface area (Å²) in [6, 6.07) is 16.0. The number of ether oxygens (including phenoxy) is 2. The molecule has 4 heterocycles. The van der Waals surface area contributed by atoms with Crippen LogP contribution in [-0.4, -0.2) is 64.5 Å². The van der Waals surface area contributed by atoms with E-state index in [1.807, 2.05) is 42.2 Å². The molecule has 4 aromatic rings. The van der Waals surface area contributed by atoms with Gasteiger partial charge in [-0.2, -0.15) is 5.10 Å². The average Bonchev–Trinajstić information content (AvgIpc) is 3.60. The van der Waals surface area contributed by atoms with Crippen LogP contribution in [0.1, 0.15) is 11.1 Å². The fraction of sp³-hybridized carbons (Fsp3) is 0.321. The number of amides is 1. The lowest BCUT2D eigenvalue weighted by atomic mass is 10.0. The Morgan fingerprint density at radius 3 is 2.62 bits per heavy atom. The van der Waals surface area contributed by atoms with Crippen LogP contribution >= 0.6 is 0 Å². The van der Waals surface area contributed by atoms with Crippen LogP contribution in [0.15, 0.2) is 76.0 Å². The van der Waals surface area contributed by atoms with Gasteiger partial charge in [-0.05, 0) is 31.0 Å². The van der Waals surface area contributed by atoms with Crippen LogP contribution in [0, 0.1) is 6.92 Å². The van der Waals surface area contributed by atoms with Crippen molar-refractivity contribution in [2.24, 2.45) is 0 Å². The first-order valence-corrected chi connectivity index (χ1v) is 12.5. The second-order valence-electron chi connectivity index (χ2n) is 9.52. The third kappa shape index (κ3) is 4.58. The van der Waals surface area contributed by atoms with Gasteiger partial charge in [0.05, 0.1) is 17.8 Å². The highest BCUT2D eigenvalue weighted by atomic mass is 16.7. The van der Waals surface area contributed by atoms with Gasteiger partial charge in [-0.15, -0.1) is 0 Å². The number of aryl methyl sites for hydroxylation is 1. The Balaban J connectivity index is 1.18. The Morgan fingerprint density at radius 1 is 1.05 bits per heavy atom. The zero-order chi connectivity index (χ0) is 25.4. The van der Waals surface area contributed by atoms with Crippen molar-refractivity contribution < 1.29 is 18.7 Å². The van der Waals surface area contributed by atoms with Crippen molar-refractivity contribution in [2.75, 3.05) is 33.0 Å². The number of aromatic nitrogens is 2. The largest absolute Gasteiger partial charge is 0.462 e. The number of fused-ring (bicyclic) bond motifs is 3. The van der Waals surface area contributed by atoms with Gasteiger partial charge in [0, 0.05) is 31.6 Å². The van der Waals surface area contributed by atoms with Crippen molar-refractivity contribution in [3.63, 3.8) is 0 Å². The zero-order valence-electron chi connectivity index (χ0n) is 20.6. The molecule has 0 saturated carbocycles. The summed E-state index contributed by atoms with van der Waals surface area (Å²) in [6.07, 6.45) is 3.99. The van der Waals surface area contributed by atoms with Crippen LogP contribution in [-0.2, 0) is 27.2 Å². The third-order valence-electron chi connectivity index (χ3n) is 7.14. The minimum atomic E-state index is -0.449. The van der Waals surface area contributed by atoms with Gasteiger partial charge in [-0.1, -0.05) is 42.0 Å². The topological polar surface area (TPSA) is 90.0 Å². The van der Waals surface area contributed by atoms with Crippen molar-refractivity contribution >= 4 is 27.8 Å². The van der Waals surface area contributed by atoms with Crippen molar-refractivity contribution in [2.45, 2.75) is 25.9 Å². The van der Waals surface area contributed by atoms with Gasteiger partial charge in [0.15, 0.2) is 5.76 Å². The second kappa shape index (κ2) is 9.74. The van der Waals surface area contributed by atoms with E-state index < -0.39 is 5.63 Å². The SMILES string of the molecule is Cc1ccc2oc(=O)c3cnn(CC(=O)N4CCN(C(Cc5ccccc5)C5=COCO5)CC4)c3c2c1. The number of carbonyl (C=O) groups excluding carboxylic acids is 1. The monoisotopic (exact) mass is 500 g/mol. The molecular formula is C28H28N4O5. The van der Waals surface area contributed by atoms with Crippen LogP contribution < -0.4 is 5.63 Å². The smallest absolute Gasteiger partial charge is 0.347 e. The summed E-state index contributed by atoms with van der Waals surface area (Å²) in [5, 5.41) is 5.53. The highest BCUT2D eigenvalue weighted by molar-refractivity contribution is 6.02. The molecule has 0 N–H and O–H groups in total. The number of hydrogen-bond acceptors (Lipinski definition) is 7. The highest BCUT2D eigenvalue weighted by Crippen LogP contribution is 2.25. The summed E-state index contributed by atoms with van der Waals surface area (Å²) in [6.45, 7) is 4.91. The molecule has 2 aromatic carbocycles. The second-order valence-corrected chi connectivity index (χ2v) is 9.52. The number of nitrogens with zero attached hydrogens (tertiary/aromatic N) is 4. The van der Waals surface area contributed by atoms with E-state index in [2.05, 4.69) is 22.1 Å². The molecule has 0 bridgehead atoms. The molecule has 1 fully saturated rings. The predicted molar refractivity (Wildman–Crippen MR) is 138 cm³/mol. The van der Waals surface area contributed by atoms with Crippen molar-refractivity contribution in [1.82, 2.24) is 19.6 Å². The Labute approximate surface area is 213 Å². The minimum Gasteiger partial charge on any atom is -0.462 e. The number of rotatable bonds is 6. The Kier molecular flexibility index (Phi) is 6.13. The van der Waals surface area contributed by atoms with Crippen molar-refractivity contribution in [3.05, 3.63) is 88.3 Å². The molecular weight excluding hydrogens is 472 g/mol. The van der Waals surface area contributed by atoms with E-state index >= 15 is 0 Å². The van der Waals surface area contributed by atoms with Gasteiger partial charge in [0.2, 0.25) is 12.7 Å². The van der Waals surface area contributed by atoms with Crippen LogP contribution in [0.25, 0.3) is 21.9 Å². The lowest BCUT2D eigenvalue weighted by Crippen LogP contribution is -2.53. The van der Waals surface area contributed by atoms with Gasteiger partial charge >= 0.3 is 5.63 Å². The first kappa shape index (κ1) is 23.3. The summed E-state index contributed by atoms with van der Waals surface area (Å²) >= 11 is 0. The van der Waals surface area contributed by atoms with E-state index in [0.717, 1.165) is 36.2 Å². The number of piperazine rings is 1. The fourth-order valence-corrected chi connectivity index (χ4v) is 5.20. The molecule has 9 heteroatoms. The van der Waals surface area contributed by atoms with Gasteiger partial charge in [0.1, 0.15) is 23.8 Å². The van der Waals surface area contributed by atoms with E-state index in [0.29, 0.717) is 29.6 Å². The first-order valence-electron chi connectivity index (χ1n) is 12.5. The van der Waals surface area contributed by atoms with Gasteiger partial charge in [-0.3, -0.25) is 14.4 Å². The predicted octanol–water partition coefficient (Wildman–Crippen LogP) is 3.05. The fourth-order valence-electron chi connectivity index (χ4n) is 5.20. The highest BCUT2D eigenvalue weighted by Gasteiger charge is 2.31. The van der Waals surface area contributed by atoms with Gasteiger partial charge in [0.25, 0.3) is 0 Å². The molecule has 2 aliphatic heterocycles. The molecule has 1 saturated heterocycles. The molecule has 0 spiro atoms. The lowest BCUT2D eigenvalue weighted by Gasteiger charge is -2.39. The number of carbonyl (C=O) groups is 1. The molecule has 1 unspecified atom stereocenters. The summed E-state index contributed by atoms with van der Waals surface area (Å²) in [5.41, 5.74) is 2.93. The first-order chi connectivity index (χ1) is 18.1. The maximum Gasteiger partial charge on any atom is 0.347 e. The quantitative estimate of drug-likeness (QED) is 0.376. The molecule has 2 aromatic heterocycles. The van der Waals surface area contributed by atoms with E-state index in [9.17, 15) is 9.59 Å². The Bertz CT molecular complexity index is 1530. The lowest BCUT2D eigenvalue weighted by molar-refractivity contribution is -0.134. The Hall–Kier alpha value is -4.11. The maximum atomic E-state index is 13.3. The molecule has 2 aliphatic rings. The number of benzene rings is 2. The van der Waals surface area contributed by atoms with Crippen LogP contribution in [0.2, 0.25) is 0 Å². The summed E-state index contributed by atoms with van der Waals surface area (Å²) in [4.78, 5) is 30.0.